The molecule has 0 aromatic rings. The van der Waals surface area contributed by atoms with Gasteiger partial charge in [0.15, 0.2) is 0 Å². The Bertz CT molecular complexity index is 134. The van der Waals surface area contributed by atoms with Crippen molar-refractivity contribution < 1.29 is 4.48 Å². The molecule has 4 heteroatoms. The molecule has 0 atom stereocenters. The number of likely N-dealkylation sites (N-methyl/N-ethyl adjacent to an activating group) is 4. The van der Waals surface area contributed by atoms with Crippen LogP contribution < -0.4 is 16.0 Å². The van der Waals surface area contributed by atoms with E-state index >= 15 is 0 Å². The molecule has 0 bridgehead atoms. The fourth-order valence-corrected chi connectivity index (χ4v) is 1.89. The molecule has 0 rings (SSSR count). The standard InChI is InChI=1S/C10H27N4/c1-11-7-10(8-12-2,9-13-3)14(4,5)6/h11-13H,7-9H2,1-6H3/q+1. The summed E-state index contributed by atoms with van der Waals surface area (Å²) in [5.41, 5.74) is 0.193. The molecule has 0 aromatic heterocycles. The number of hydrogen-bond acceptors (Lipinski definition) is 3. The van der Waals surface area contributed by atoms with E-state index in [1.165, 1.54) is 0 Å². The Morgan fingerprint density at radius 1 is 0.786 bits per heavy atom. The molecule has 0 unspecified atom stereocenters. The minimum Gasteiger partial charge on any atom is -0.323 e. The van der Waals surface area contributed by atoms with Crippen LogP contribution in [-0.4, -0.2) is 71.9 Å². The van der Waals surface area contributed by atoms with Crippen molar-refractivity contribution in [2.75, 3.05) is 61.9 Å². The van der Waals surface area contributed by atoms with Crippen molar-refractivity contribution in [1.82, 2.24) is 16.0 Å². The Kier molecular flexibility index (Phi) is 5.59. The van der Waals surface area contributed by atoms with Gasteiger partial charge in [0.25, 0.3) is 0 Å². The number of nitrogens with zero attached hydrogens (tertiary/aromatic N) is 1. The minimum atomic E-state index is 0.193. The number of nitrogens with one attached hydrogen (secondary N) is 3. The van der Waals surface area contributed by atoms with Gasteiger partial charge in [-0.25, -0.2) is 0 Å². The molecule has 0 saturated heterocycles. The lowest BCUT2D eigenvalue weighted by molar-refractivity contribution is -0.919. The molecular weight excluding hydrogens is 176 g/mol. The van der Waals surface area contributed by atoms with Gasteiger partial charge in [0.2, 0.25) is 0 Å². The summed E-state index contributed by atoms with van der Waals surface area (Å²) in [6, 6.07) is 0. The molecule has 0 fully saturated rings. The second kappa shape index (κ2) is 5.66. The van der Waals surface area contributed by atoms with Crippen molar-refractivity contribution in [3.8, 4) is 0 Å². The molecule has 0 amide bonds. The van der Waals surface area contributed by atoms with Gasteiger partial charge in [-0.05, 0) is 21.1 Å². The Labute approximate surface area is 88.6 Å². The SMILES string of the molecule is CNCC(CNC)(CNC)[N+](C)(C)C. The average molecular weight is 203 g/mol. The van der Waals surface area contributed by atoms with Gasteiger partial charge in [-0.2, -0.15) is 0 Å². The Hall–Kier alpha value is -0.160. The molecule has 0 heterocycles. The lowest BCUT2D eigenvalue weighted by atomic mass is 9.95. The van der Waals surface area contributed by atoms with Crippen LogP contribution in [0.1, 0.15) is 0 Å². The highest BCUT2D eigenvalue weighted by Crippen LogP contribution is 2.16. The van der Waals surface area contributed by atoms with Crippen molar-refractivity contribution >= 4 is 0 Å². The van der Waals surface area contributed by atoms with Crippen LogP contribution in [0.25, 0.3) is 0 Å². The quantitative estimate of drug-likeness (QED) is 0.469. The summed E-state index contributed by atoms with van der Waals surface area (Å²) < 4.78 is 0.940. The first-order valence-electron chi connectivity index (χ1n) is 5.19. The molecule has 0 aliphatic rings. The summed E-state index contributed by atoms with van der Waals surface area (Å²) in [7, 11) is 12.8. The van der Waals surface area contributed by atoms with Crippen LogP contribution in [0, 0.1) is 0 Å². The molecule has 0 spiro atoms. The molecule has 0 aliphatic heterocycles. The van der Waals surface area contributed by atoms with Gasteiger partial charge < -0.3 is 20.4 Å². The predicted octanol–water partition coefficient (Wildman–Crippen LogP) is -0.910. The van der Waals surface area contributed by atoms with Crippen LogP contribution in [0.4, 0.5) is 0 Å². The summed E-state index contributed by atoms with van der Waals surface area (Å²) >= 11 is 0. The van der Waals surface area contributed by atoms with Crippen LogP contribution in [0.2, 0.25) is 0 Å². The summed E-state index contributed by atoms with van der Waals surface area (Å²) in [6.07, 6.45) is 0. The summed E-state index contributed by atoms with van der Waals surface area (Å²) in [6.45, 7) is 2.99. The molecule has 14 heavy (non-hydrogen) atoms. The fourth-order valence-electron chi connectivity index (χ4n) is 1.89. The molecule has 3 N–H and O–H groups in total. The average Bonchev–Trinajstić information content (AvgIpc) is 2.03. The lowest BCUT2D eigenvalue weighted by Gasteiger charge is -2.46. The summed E-state index contributed by atoms with van der Waals surface area (Å²) in [4.78, 5) is 0. The van der Waals surface area contributed by atoms with Crippen molar-refractivity contribution in [2.45, 2.75) is 5.54 Å². The van der Waals surface area contributed by atoms with Gasteiger partial charge >= 0.3 is 0 Å². The third-order valence-electron chi connectivity index (χ3n) is 2.94. The van der Waals surface area contributed by atoms with Gasteiger partial charge in [-0.3, -0.25) is 0 Å². The van der Waals surface area contributed by atoms with Gasteiger partial charge in [0.05, 0.1) is 40.8 Å². The maximum absolute atomic E-state index is 3.29. The third kappa shape index (κ3) is 3.20. The smallest absolute Gasteiger partial charge is 0.136 e. The topological polar surface area (TPSA) is 36.1 Å². The fraction of sp³-hybridized carbons (Fsp3) is 1.00. The van der Waals surface area contributed by atoms with E-state index in [0.717, 1.165) is 24.1 Å². The van der Waals surface area contributed by atoms with Crippen molar-refractivity contribution in [3.05, 3.63) is 0 Å². The zero-order valence-electron chi connectivity index (χ0n) is 10.6. The maximum Gasteiger partial charge on any atom is 0.136 e. The Morgan fingerprint density at radius 3 is 1.21 bits per heavy atom. The van der Waals surface area contributed by atoms with E-state index in [4.69, 9.17) is 0 Å². The van der Waals surface area contributed by atoms with Crippen LogP contribution in [0.3, 0.4) is 0 Å². The van der Waals surface area contributed by atoms with Gasteiger partial charge in [0, 0.05) is 0 Å². The van der Waals surface area contributed by atoms with Gasteiger partial charge in [0.1, 0.15) is 5.54 Å². The largest absolute Gasteiger partial charge is 0.323 e. The Morgan fingerprint density at radius 2 is 1.07 bits per heavy atom. The zero-order chi connectivity index (χ0) is 11.2. The zero-order valence-corrected chi connectivity index (χ0v) is 10.6. The first-order chi connectivity index (χ1) is 6.43. The minimum absolute atomic E-state index is 0.193. The maximum atomic E-state index is 3.29. The first-order valence-corrected chi connectivity index (χ1v) is 5.19. The Balaban J connectivity index is 4.73. The van der Waals surface area contributed by atoms with Crippen molar-refractivity contribution in [1.29, 1.82) is 0 Å². The van der Waals surface area contributed by atoms with E-state index in [-0.39, 0.29) is 5.54 Å². The first kappa shape index (κ1) is 13.8. The van der Waals surface area contributed by atoms with E-state index in [9.17, 15) is 0 Å². The van der Waals surface area contributed by atoms with E-state index < -0.39 is 0 Å². The molecule has 4 nitrogen and oxygen atoms in total. The molecule has 86 valence electrons. The lowest BCUT2D eigenvalue weighted by Crippen LogP contribution is -2.69. The summed E-state index contributed by atoms with van der Waals surface area (Å²) in [5.74, 6) is 0. The predicted molar refractivity (Wildman–Crippen MR) is 62.5 cm³/mol. The van der Waals surface area contributed by atoms with E-state index in [1.54, 1.807) is 0 Å². The highest BCUT2D eigenvalue weighted by molar-refractivity contribution is 4.87. The van der Waals surface area contributed by atoms with Crippen molar-refractivity contribution in [3.63, 3.8) is 0 Å². The van der Waals surface area contributed by atoms with Crippen molar-refractivity contribution in [2.24, 2.45) is 0 Å². The second-order valence-electron chi connectivity index (χ2n) is 4.83. The highest BCUT2D eigenvalue weighted by Gasteiger charge is 2.41. The second-order valence-corrected chi connectivity index (χ2v) is 4.83. The highest BCUT2D eigenvalue weighted by atomic mass is 15.4. The molecule has 0 radical (unpaired) electrons. The summed E-state index contributed by atoms with van der Waals surface area (Å²) in [5, 5.41) is 9.87. The van der Waals surface area contributed by atoms with Crippen LogP contribution in [-0.2, 0) is 0 Å². The van der Waals surface area contributed by atoms with E-state index in [1.807, 2.05) is 21.1 Å². The molecule has 0 saturated carbocycles. The number of rotatable bonds is 7. The number of hydrogen-bond donors (Lipinski definition) is 3. The van der Waals surface area contributed by atoms with Crippen LogP contribution in [0.15, 0.2) is 0 Å². The van der Waals surface area contributed by atoms with E-state index in [2.05, 4.69) is 37.1 Å². The van der Waals surface area contributed by atoms with Gasteiger partial charge in [-0.15, -0.1) is 0 Å². The molecule has 0 aliphatic carbocycles. The number of quaternary nitrogens is 1. The van der Waals surface area contributed by atoms with E-state index in [0.29, 0.717) is 0 Å². The van der Waals surface area contributed by atoms with Crippen LogP contribution in [0.5, 0.6) is 0 Å². The monoisotopic (exact) mass is 203 g/mol. The normalized spacial score (nSPS) is 13.3. The van der Waals surface area contributed by atoms with Gasteiger partial charge in [-0.1, -0.05) is 0 Å². The van der Waals surface area contributed by atoms with Crippen LogP contribution >= 0.6 is 0 Å². The molecular formula is C10H27N4+. The third-order valence-corrected chi connectivity index (χ3v) is 2.94. The molecule has 0 aromatic carbocycles.